The molecular weight excluding hydrogens is 364 g/mol. The minimum atomic E-state index is -0.258. The maximum Gasteiger partial charge on any atom is 0.255 e. The average Bonchev–Trinajstić information content (AvgIpc) is 3.54. The second-order valence-electron chi connectivity index (χ2n) is 7.17. The van der Waals surface area contributed by atoms with Gasteiger partial charge in [-0.05, 0) is 67.8 Å². The third-order valence-corrected chi connectivity index (χ3v) is 4.74. The molecule has 5 nitrogen and oxygen atoms in total. The third kappa shape index (κ3) is 4.82. The molecule has 0 radical (unpaired) electrons. The number of rotatable bonds is 6. The Kier molecular flexibility index (Phi) is 5.29. The van der Waals surface area contributed by atoms with Gasteiger partial charge in [0.05, 0.1) is 0 Å². The van der Waals surface area contributed by atoms with Crippen LogP contribution < -0.4 is 15.4 Å². The van der Waals surface area contributed by atoms with Crippen LogP contribution in [-0.2, 0) is 0 Å². The summed E-state index contributed by atoms with van der Waals surface area (Å²) >= 11 is 0. The summed E-state index contributed by atoms with van der Waals surface area (Å²) < 4.78 is 5.80. The highest BCUT2D eigenvalue weighted by Gasteiger charge is 2.24. The highest BCUT2D eigenvalue weighted by molar-refractivity contribution is 6.05. The van der Waals surface area contributed by atoms with Crippen LogP contribution in [0.25, 0.3) is 0 Å². The first-order chi connectivity index (χ1) is 14.1. The van der Waals surface area contributed by atoms with Crippen molar-refractivity contribution in [3.63, 3.8) is 0 Å². The molecule has 29 heavy (non-hydrogen) atoms. The number of aryl methyl sites for hydroxylation is 1. The molecule has 0 unspecified atom stereocenters. The van der Waals surface area contributed by atoms with Crippen molar-refractivity contribution in [2.24, 2.45) is 0 Å². The largest absolute Gasteiger partial charge is 0.457 e. The zero-order valence-electron chi connectivity index (χ0n) is 16.1. The lowest BCUT2D eigenvalue weighted by Gasteiger charge is -2.12. The molecule has 0 heterocycles. The molecule has 1 saturated carbocycles. The van der Waals surface area contributed by atoms with Gasteiger partial charge in [0.25, 0.3) is 11.8 Å². The standard InChI is InChI=1S/C24H22N2O3/c1-16-10-11-18(23(27)25-19-12-13-19)15-22(16)26-24(28)17-6-5-9-21(14-17)29-20-7-3-2-4-8-20/h2-11,14-15,19H,12-13H2,1H3,(H,25,27)(H,26,28). The number of benzene rings is 3. The summed E-state index contributed by atoms with van der Waals surface area (Å²) in [4.78, 5) is 25.1. The van der Waals surface area contributed by atoms with Gasteiger partial charge in [-0.3, -0.25) is 9.59 Å². The number of carbonyl (C=O) groups excluding carboxylic acids is 2. The summed E-state index contributed by atoms with van der Waals surface area (Å²) in [7, 11) is 0. The Labute approximate surface area is 169 Å². The fraction of sp³-hybridized carbons (Fsp3) is 0.167. The smallest absolute Gasteiger partial charge is 0.255 e. The van der Waals surface area contributed by atoms with Crippen LogP contribution in [0.15, 0.2) is 72.8 Å². The predicted molar refractivity (Wildman–Crippen MR) is 113 cm³/mol. The van der Waals surface area contributed by atoms with Gasteiger partial charge in [-0.1, -0.05) is 30.3 Å². The van der Waals surface area contributed by atoms with Gasteiger partial charge in [0.15, 0.2) is 0 Å². The van der Waals surface area contributed by atoms with E-state index in [9.17, 15) is 9.59 Å². The Morgan fingerprint density at radius 2 is 1.55 bits per heavy atom. The van der Waals surface area contributed by atoms with E-state index in [4.69, 9.17) is 4.74 Å². The minimum absolute atomic E-state index is 0.110. The fourth-order valence-electron chi connectivity index (χ4n) is 2.91. The quantitative estimate of drug-likeness (QED) is 0.631. The zero-order valence-corrected chi connectivity index (χ0v) is 16.1. The Balaban J connectivity index is 1.49. The molecule has 0 bridgehead atoms. The molecule has 146 valence electrons. The molecule has 1 fully saturated rings. The summed E-state index contributed by atoms with van der Waals surface area (Å²) in [6.45, 7) is 1.90. The first-order valence-corrected chi connectivity index (χ1v) is 9.64. The first-order valence-electron chi connectivity index (χ1n) is 9.64. The molecule has 0 aromatic heterocycles. The van der Waals surface area contributed by atoms with E-state index in [2.05, 4.69) is 10.6 Å². The number of ether oxygens (including phenoxy) is 1. The van der Waals surface area contributed by atoms with Crippen LogP contribution in [0, 0.1) is 6.92 Å². The summed E-state index contributed by atoms with van der Waals surface area (Å²) in [6, 6.07) is 22.0. The van der Waals surface area contributed by atoms with Crippen molar-refractivity contribution in [3.8, 4) is 11.5 Å². The minimum Gasteiger partial charge on any atom is -0.457 e. The van der Waals surface area contributed by atoms with Crippen LogP contribution in [0.2, 0.25) is 0 Å². The molecule has 2 N–H and O–H groups in total. The van der Waals surface area contributed by atoms with E-state index >= 15 is 0 Å². The van der Waals surface area contributed by atoms with Gasteiger partial charge >= 0.3 is 0 Å². The highest BCUT2D eigenvalue weighted by atomic mass is 16.5. The van der Waals surface area contributed by atoms with Crippen LogP contribution in [0.1, 0.15) is 39.1 Å². The average molecular weight is 386 g/mol. The summed E-state index contributed by atoms with van der Waals surface area (Å²) in [5.74, 6) is 0.918. The zero-order chi connectivity index (χ0) is 20.2. The maximum atomic E-state index is 12.8. The molecule has 0 spiro atoms. The fourth-order valence-corrected chi connectivity index (χ4v) is 2.91. The first kappa shape index (κ1) is 18.7. The van der Waals surface area contributed by atoms with Gasteiger partial charge in [0.1, 0.15) is 11.5 Å². The Morgan fingerprint density at radius 3 is 2.31 bits per heavy atom. The van der Waals surface area contributed by atoms with Gasteiger partial charge in [0.2, 0.25) is 0 Å². The van der Waals surface area contributed by atoms with Crippen molar-refractivity contribution < 1.29 is 14.3 Å². The number of para-hydroxylation sites is 1. The molecule has 1 aliphatic rings. The monoisotopic (exact) mass is 386 g/mol. The van der Waals surface area contributed by atoms with E-state index < -0.39 is 0 Å². The second kappa shape index (κ2) is 8.19. The topological polar surface area (TPSA) is 67.4 Å². The van der Waals surface area contributed by atoms with Crippen LogP contribution in [0.5, 0.6) is 11.5 Å². The number of nitrogens with one attached hydrogen (secondary N) is 2. The predicted octanol–water partition coefficient (Wildman–Crippen LogP) is 4.93. The van der Waals surface area contributed by atoms with Gasteiger partial charge < -0.3 is 15.4 Å². The van der Waals surface area contributed by atoms with Crippen molar-refractivity contribution >= 4 is 17.5 Å². The summed E-state index contributed by atoms with van der Waals surface area (Å²) in [6.07, 6.45) is 2.06. The molecule has 4 rings (SSSR count). The van der Waals surface area contributed by atoms with E-state index in [0.717, 1.165) is 18.4 Å². The van der Waals surface area contributed by atoms with Crippen molar-refractivity contribution in [1.82, 2.24) is 5.32 Å². The van der Waals surface area contributed by atoms with E-state index in [1.165, 1.54) is 0 Å². The molecule has 0 atom stereocenters. The normalized spacial score (nSPS) is 12.9. The van der Waals surface area contributed by atoms with Gasteiger partial charge in [0, 0.05) is 22.9 Å². The van der Waals surface area contributed by atoms with Crippen LogP contribution in [0.4, 0.5) is 5.69 Å². The van der Waals surface area contributed by atoms with Gasteiger partial charge in [-0.2, -0.15) is 0 Å². The summed E-state index contributed by atoms with van der Waals surface area (Å²) in [5.41, 5.74) is 2.52. The van der Waals surface area contributed by atoms with Crippen molar-refractivity contribution in [3.05, 3.63) is 89.5 Å². The molecule has 3 aromatic carbocycles. The van der Waals surface area contributed by atoms with E-state index in [0.29, 0.717) is 28.3 Å². The van der Waals surface area contributed by atoms with Gasteiger partial charge in [-0.25, -0.2) is 0 Å². The molecule has 0 aliphatic heterocycles. The lowest BCUT2D eigenvalue weighted by atomic mass is 10.1. The van der Waals surface area contributed by atoms with Crippen molar-refractivity contribution in [2.75, 3.05) is 5.32 Å². The number of hydrogen-bond donors (Lipinski definition) is 2. The van der Waals surface area contributed by atoms with Crippen LogP contribution in [0.3, 0.4) is 0 Å². The lowest BCUT2D eigenvalue weighted by molar-refractivity contribution is 0.0949. The molecule has 2 amide bonds. The van der Waals surface area contributed by atoms with Crippen LogP contribution >= 0.6 is 0 Å². The van der Waals surface area contributed by atoms with E-state index in [1.807, 2.05) is 43.3 Å². The molecule has 0 saturated heterocycles. The Hall–Kier alpha value is -3.60. The second-order valence-corrected chi connectivity index (χ2v) is 7.17. The maximum absolute atomic E-state index is 12.8. The highest BCUT2D eigenvalue weighted by Crippen LogP contribution is 2.24. The molecule has 5 heteroatoms. The Bertz CT molecular complexity index is 1040. The van der Waals surface area contributed by atoms with Crippen LogP contribution in [-0.4, -0.2) is 17.9 Å². The number of carbonyl (C=O) groups is 2. The summed E-state index contributed by atoms with van der Waals surface area (Å²) in [5, 5.41) is 5.87. The lowest BCUT2D eigenvalue weighted by Crippen LogP contribution is -2.25. The number of anilines is 1. The number of hydrogen-bond acceptors (Lipinski definition) is 3. The number of amides is 2. The third-order valence-electron chi connectivity index (χ3n) is 4.74. The van der Waals surface area contributed by atoms with Crippen molar-refractivity contribution in [1.29, 1.82) is 0 Å². The SMILES string of the molecule is Cc1ccc(C(=O)NC2CC2)cc1NC(=O)c1cccc(Oc2ccccc2)c1. The van der Waals surface area contributed by atoms with Crippen molar-refractivity contribution in [2.45, 2.75) is 25.8 Å². The molecule has 1 aliphatic carbocycles. The Morgan fingerprint density at radius 1 is 0.828 bits per heavy atom. The van der Waals surface area contributed by atoms with Gasteiger partial charge in [-0.15, -0.1) is 0 Å². The van der Waals surface area contributed by atoms with E-state index in [-0.39, 0.29) is 17.9 Å². The molecular formula is C24H22N2O3. The molecule has 3 aromatic rings. The van der Waals surface area contributed by atoms with E-state index in [1.54, 1.807) is 36.4 Å².